The predicted octanol–water partition coefficient (Wildman–Crippen LogP) is 5.14. The van der Waals surface area contributed by atoms with Gasteiger partial charge in [0.15, 0.2) is 11.0 Å². The molecule has 0 spiro atoms. The molecule has 1 fully saturated rings. The molecule has 33 heavy (non-hydrogen) atoms. The third-order valence-corrected chi connectivity index (χ3v) is 7.35. The Kier molecular flexibility index (Phi) is 7.26. The van der Waals surface area contributed by atoms with Crippen molar-refractivity contribution in [3.8, 4) is 0 Å². The van der Waals surface area contributed by atoms with E-state index in [1.165, 1.54) is 11.8 Å². The number of carbonyl (C=O) groups excluding carboxylic acids is 2. The van der Waals surface area contributed by atoms with Gasteiger partial charge >= 0.3 is 0 Å². The molecule has 7 nitrogen and oxygen atoms in total. The number of rotatable bonds is 6. The number of nitrogens with zero attached hydrogens (tertiary/aromatic N) is 4. The second-order valence-electron chi connectivity index (χ2n) is 7.84. The van der Waals surface area contributed by atoms with E-state index in [1.54, 1.807) is 18.2 Å². The first-order valence-corrected chi connectivity index (χ1v) is 12.2. The standard InChI is InChI=1S/C23H23Cl2N5O2S/c1-14-6-3-4-7-16(14)22(32)30-11-5-8-19(30)21-27-28-23(29(21)2)33-13-20(31)26-15-9-10-17(24)18(25)12-15/h3-4,6-7,9-10,12,19H,5,8,11,13H2,1-2H3,(H,26,31). The number of thioether (sulfide) groups is 1. The van der Waals surface area contributed by atoms with Crippen molar-refractivity contribution < 1.29 is 9.59 Å². The molecule has 2 amide bonds. The van der Waals surface area contributed by atoms with Crippen LogP contribution in [0, 0.1) is 6.92 Å². The van der Waals surface area contributed by atoms with Gasteiger partial charge in [-0.25, -0.2) is 0 Å². The highest BCUT2D eigenvalue weighted by atomic mass is 35.5. The number of likely N-dealkylation sites (tertiary alicyclic amines) is 1. The minimum Gasteiger partial charge on any atom is -0.328 e. The lowest BCUT2D eigenvalue weighted by molar-refractivity contribution is -0.113. The van der Waals surface area contributed by atoms with E-state index in [2.05, 4.69) is 15.5 Å². The van der Waals surface area contributed by atoms with Crippen LogP contribution in [0.5, 0.6) is 0 Å². The Labute approximate surface area is 206 Å². The number of amides is 2. The summed E-state index contributed by atoms with van der Waals surface area (Å²) < 4.78 is 1.87. The van der Waals surface area contributed by atoms with Crippen molar-refractivity contribution in [2.45, 2.75) is 31.0 Å². The number of aromatic nitrogens is 3. The second kappa shape index (κ2) is 10.2. The fourth-order valence-electron chi connectivity index (χ4n) is 3.89. The van der Waals surface area contributed by atoms with Crippen LogP contribution in [0.25, 0.3) is 0 Å². The van der Waals surface area contributed by atoms with Crippen LogP contribution in [0.15, 0.2) is 47.6 Å². The first-order chi connectivity index (χ1) is 15.8. The summed E-state index contributed by atoms with van der Waals surface area (Å²) in [7, 11) is 1.86. The summed E-state index contributed by atoms with van der Waals surface area (Å²) in [4.78, 5) is 27.4. The van der Waals surface area contributed by atoms with E-state index in [1.807, 2.05) is 47.7 Å². The summed E-state index contributed by atoms with van der Waals surface area (Å²) >= 11 is 13.2. The molecule has 4 rings (SSSR count). The Bertz CT molecular complexity index is 1200. The summed E-state index contributed by atoms with van der Waals surface area (Å²) in [5.41, 5.74) is 2.24. The molecule has 1 aromatic heterocycles. The third kappa shape index (κ3) is 5.18. The summed E-state index contributed by atoms with van der Waals surface area (Å²) in [5, 5.41) is 12.8. The van der Waals surface area contributed by atoms with Crippen molar-refractivity contribution in [1.29, 1.82) is 0 Å². The number of hydrogen-bond acceptors (Lipinski definition) is 5. The Morgan fingerprint density at radius 1 is 1.15 bits per heavy atom. The Hall–Kier alpha value is -2.55. The first-order valence-electron chi connectivity index (χ1n) is 10.5. The van der Waals surface area contributed by atoms with Crippen LogP contribution >= 0.6 is 35.0 Å². The SMILES string of the molecule is Cc1ccccc1C(=O)N1CCCC1c1nnc(SCC(=O)Nc2ccc(Cl)c(Cl)c2)n1C. The van der Waals surface area contributed by atoms with Crippen LogP contribution in [0.4, 0.5) is 5.69 Å². The van der Waals surface area contributed by atoms with E-state index >= 15 is 0 Å². The largest absolute Gasteiger partial charge is 0.328 e. The molecule has 1 N–H and O–H groups in total. The lowest BCUT2D eigenvalue weighted by Gasteiger charge is -2.24. The molecule has 1 aliphatic heterocycles. The van der Waals surface area contributed by atoms with Gasteiger partial charge in [-0.2, -0.15) is 0 Å². The zero-order valence-corrected chi connectivity index (χ0v) is 20.5. The van der Waals surface area contributed by atoms with Crippen molar-refractivity contribution in [2.75, 3.05) is 17.6 Å². The van der Waals surface area contributed by atoms with Gasteiger partial charge in [0.2, 0.25) is 5.91 Å². The van der Waals surface area contributed by atoms with Gasteiger partial charge in [0.25, 0.3) is 5.91 Å². The molecule has 172 valence electrons. The van der Waals surface area contributed by atoms with Crippen LogP contribution in [-0.2, 0) is 11.8 Å². The molecule has 2 heterocycles. The van der Waals surface area contributed by atoms with Crippen LogP contribution in [0.2, 0.25) is 10.0 Å². The minimum atomic E-state index is -0.194. The van der Waals surface area contributed by atoms with E-state index in [4.69, 9.17) is 23.2 Å². The number of halogens is 2. The number of aryl methyl sites for hydroxylation is 1. The maximum atomic E-state index is 13.2. The molecule has 0 aliphatic carbocycles. The molecule has 10 heteroatoms. The second-order valence-corrected chi connectivity index (χ2v) is 9.59. The summed E-state index contributed by atoms with van der Waals surface area (Å²) in [6.07, 6.45) is 1.73. The van der Waals surface area contributed by atoms with Crippen LogP contribution in [0.1, 0.15) is 40.6 Å². The zero-order chi connectivity index (χ0) is 23.5. The molecule has 0 radical (unpaired) electrons. The average Bonchev–Trinajstić information content (AvgIpc) is 3.41. The maximum Gasteiger partial charge on any atom is 0.254 e. The highest BCUT2D eigenvalue weighted by molar-refractivity contribution is 7.99. The Balaban J connectivity index is 1.42. The van der Waals surface area contributed by atoms with E-state index in [-0.39, 0.29) is 23.6 Å². The lowest BCUT2D eigenvalue weighted by Crippen LogP contribution is -2.32. The van der Waals surface area contributed by atoms with Gasteiger partial charge in [-0.05, 0) is 49.6 Å². The van der Waals surface area contributed by atoms with Gasteiger partial charge in [0.1, 0.15) is 0 Å². The molecular weight excluding hydrogens is 481 g/mol. The molecule has 1 atom stereocenters. The van der Waals surface area contributed by atoms with Gasteiger partial charge < -0.3 is 14.8 Å². The Morgan fingerprint density at radius 2 is 1.94 bits per heavy atom. The van der Waals surface area contributed by atoms with Crippen molar-refractivity contribution in [2.24, 2.45) is 7.05 Å². The fourth-order valence-corrected chi connectivity index (χ4v) is 4.91. The lowest BCUT2D eigenvalue weighted by atomic mass is 10.1. The maximum absolute atomic E-state index is 13.2. The predicted molar refractivity (Wildman–Crippen MR) is 131 cm³/mol. The molecule has 2 aromatic carbocycles. The minimum absolute atomic E-state index is 0.00815. The molecule has 3 aromatic rings. The van der Waals surface area contributed by atoms with Crippen molar-refractivity contribution in [1.82, 2.24) is 19.7 Å². The Morgan fingerprint density at radius 3 is 2.70 bits per heavy atom. The monoisotopic (exact) mass is 503 g/mol. The smallest absolute Gasteiger partial charge is 0.254 e. The molecule has 0 bridgehead atoms. The average molecular weight is 504 g/mol. The fraction of sp³-hybridized carbons (Fsp3) is 0.304. The van der Waals surface area contributed by atoms with Crippen molar-refractivity contribution >= 4 is 52.5 Å². The number of hydrogen-bond donors (Lipinski definition) is 1. The van der Waals surface area contributed by atoms with Gasteiger partial charge in [-0.15, -0.1) is 10.2 Å². The van der Waals surface area contributed by atoms with E-state index < -0.39 is 0 Å². The van der Waals surface area contributed by atoms with E-state index in [9.17, 15) is 9.59 Å². The normalized spacial score (nSPS) is 15.6. The molecular formula is C23H23Cl2N5O2S. The van der Waals surface area contributed by atoms with Crippen LogP contribution in [0.3, 0.4) is 0 Å². The van der Waals surface area contributed by atoms with Gasteiger partial charge in [0, 0.05) is 24.8 Å². The summed E-state index contributed by atoms with van der Waals surface area (Å²) in [6.45, 7) is 2.62. The highest BCUT2D eigenvalue weighted by Crippen LogP contribution is 2.34. The van der Waals surface area contributed by atoms with Crippen LogP contribution in [-0.4, -0.2) is 43.8 Å². The van der Waals surface area contributed by atoms with Gasteiger partial charge in [0.05, 0.1) is 21.8 Å². The van der Waals surface area contributed by atoms with Crippen molar-refractivity contribution in [3.63, 3.8) is 0 Å². The first kappa shape index (κ1) is 23.6. The zero-order valence-electron chi connectivity index (χ0n) is 18.2. The molecule has 1 saturated heterocycles. The number of benzene rings is 2. The quantitative estimate of drug-likeness (QED) is 0.471. The topological polar surface area (TPSA) is 80.1 Å². The molecule has 0 saturated carbocycles. The van der Waals surface area contributed by atoms with E-state index in [0.29, 0.717) is 33.0 Å². The summed E-state index contributed by atoms with van der Waals surface area (Å²) in [6, 6.07) is 12.4. The molecule has 1 aliphatic rings. The van der Waals surface area contributed by atoms with Gasteiger partial charge in [-0.1, -0.05) is 53.2 Å². The molecule has 1 unspecified atom stereocenters. The highest BCUT2D eigenvalue weighted by Gasteiger charge is 2.34. The van der Waals surface area contributed by atoms with E-state index in [0.717, 1.165) is 24.2 Å². The number of nitrogens with one attached hydrogen (secondary N) is 1. The number of carbonyl (C=O) groups is 2. The van der Waals surface area contributed by atoms with Crippen LogP contribution < -0.4 is 5.32 Å². The number of anilines is 1. The summed E-state index contributed by atoms with van der Waals surface area (Å²) in [5.74, 6) is 0.693. The van der Waals surface area contributed by atoms with Crippen molar-refractivity contribution in [3.05, 3.63) is 69.5 Å². The third-order valence-electron chi connectivity index (χ3n) is 5.59. The van der Waals surface area contributed by atoms with Gasteiger partial charge in [-0.3, -0.25) is 9.59 Å².